The van der Waals surface area contributed by atoms with Crippen LogP contribution >= 0.6 is 0 Å². The lowest BCUT2D eigenvalue weighted by Crippen LogP contribution is -2.36. The van der Waals surface area contributed by atoms with Gasteiger partial charge < -0.3 is 55.6 Å². The van der Waals surface area contributed by atoms with E-state index in [0.717, 1.165) is 35.4 Å². The maximum atomic E-state index is 6.12. The lowest BCUT2D eigenvalue weighted by Gasteiger charge is -2.14. The standard InChI is InChI=1S/C39H45BO12/c1-7-16-41-25(4)44-31-13-10-28-19-37(47-34(28)22-31)50-40(51-38-20-29-11-14-32(23-35(29)48-38)45-26(5)42-17-8-2)52-39-21-30-12-15-33(24-36(30)49-39)46-27(6)43-18-9-3/h10-15,19-27H,7-9,16-18H2,1-6H3. The fraction of sp³-hybridized carbons (Fsp3) is 0.385. The molecule has 0 radical (unpaired) electrons. The molecule has 6 aromatic rings. The predicted octanol–water partition coefficient (Wildman–Crippen LogP) is 9.90. The molecule has 0 spiro atoms. The Balaban J connectivity index is 1.22. The molecule has 3 unspecified atom stereocenters. The van der Waals surface area contributed by atoms with Gasteiger partial charge in [-0.05, 0) is 76.4 Å². The zero-order valence-electron chi connectivity index (χ0n) is 30.4. The van der Waals surface area contributed by atoms with Crippen LogP contribution in [0.4, 0.5) is 0 Å². The van der Waals surface area contributed by atoms with E-state index in [1.165, 1.54) is 0 Å². The molecule has 3 heterocycles. The van der Waals surface area contributed by atoms with Crippen LogP contribution in [0.5, 0.6) is 35.1 Å². The van der Waals surface area contributed by atoms with Crippen molar-refractivity contribution in [3.05, 3.63) is 72.8 Å². The minimum absolute atomic E-state index is 0.133. The second kappa shape index (κ2) is 17.5. The Labute approximate surface area is 302 Å². The van der Waals surface area contributed by atoms with Gasteiger partial charge in [-0.1, -0.05) is 20.8 Å². The second-order valence-electron chi connectivity index (χ2n) is 12.1. The summed E-state index contributed by atoms with van der Waals surface area (Å²) in [7, 11) is -1.39. The fourth-order valence-corrected chi connectivity index (χ4v) is 5.24. The van der Waals surface area contributed by atoms with Crippen molar-refractivity contribution in [1.82, 2.24) is 0 Å². The highest BCUT2D eigenvalue weighted by molar-refractivity contribution is 6.39. The molecule has 0 amide bonds. The zero-order valence-corrected chi connectivity index (χ0v) is 30.4. The molecule has 52 heavy (non-hydrogen) atoms. The highest BCUT2D eigenvalue weighted by atomic mass is 16.8. The van der Waals surface area contributed by atoms with Crippen LogP contribution in [0.25, 0.3) is 32.9 Å². The molecule has 3 aromatic heterocycles. The van der Waals surface area contributed by atoms with E-state index in [9.17, 15) is 0 Å². The van der Waals surface area contributed by atoms with Crippen LogP contribution in [0.3, 0.4) is 0 Å². The Kier molecular flexibility index (Phi) is 12.4. The summed E-state index contributed by atoms with van der Waals surface area (Å²) < 4.78 is 71.1. The van der Waals surface area contributed by atoms with Gasteiger partial charge in [-0.2, -0.15) is 0 Å². The number of hydrogen-bond donors (Lipinski definition) is 0. The molecule has 276 valence electrons. The molecule has 0 fully saturated rings. The molecule has 0 aliphatic carbocycles. The Morgan fingerprint density at radius 1 is 0.462 bits per heavy atom. The third-order valence-electron chi connectivity index (χ3n) is 7.62. The largest absolute Gasteiger partial charge is 0.870 e. The molecule has 13 heteroatoms. The van der Waals surface area contributed by atoms with Gasteiger partial charge in [0.15, 0.2) is 18.9 Å². The van der Waals surface area contributed by atoms with Gasteiger partial charge in [0.1, 0.15) is 34.0 Å². The van der Waals surface area contributed by atoms with Crippen molar-refractivity contribution in [1.29, 1.82) is 0 Å². The van der Waals surface area contributed by atoms with Gasteiger partial charge in [0.2, 0.25) is 0 Å². The van der Waals surface area contributed by atoms with Gasteiger partial charge in [0, 0.05) is 52.6 Å². The summed E-state index contributed by atoms with van der Waals surface area (Å²) in [5.74, 6) is 2.18. The smallest absolute Gasteiger partial charge is 0.465 e. The van der Waals surface area contributed by atoms with Crippen LogP contribution in [-0.2, 0) is 14.2 Å². The van der Waals surface area contributed by atoms with Crippen LogP contribution in [0.15, 0.2) is 86.0 Å². The number of ether oxygens (including phenoxy) is 6. The third-order valence-corrected chi connectivity index (χ3v) is 7.62. The highest BCUT2D eigenvalue weighted by Gasteiger charge is 2.35. The lowest BCUT2D eigenvalue weighted by molar-refractivity contribution is -0.0665. The van der Waals surface area contributed by atoms with E-state index in [4.69, 9.17) is 55.6 Å². The second-order valence-corrected chi connectivity index (χ2v) is 12.1. The van der Waals surface area contributed by atoms with Gasteiger partial charge in [0.05, 0.1) is 19.8 Å². The van der Waals surface area contributed by atoms with E-state index in [-0.39, 0.29) is 17.8 Å². The summed E-state index contributed by atoms with van der Waals surface area (Å²) in [6.07, 6.45) is 1.44. The molecule has 0 saturated carbocycles. The number of fused-ring (bicyclic) bond motifs is 3. The van der Waals surface area contributed by atoms with Gasteiger partial charge in [-0.25, -0.2) is 0 Å². The van der Waals surface area contributed by atoms with Crippen LogP contribution in [-0.4, -0.2) is 46.0 Å². The summed E-state index contributed by atoms with van der Waals surface area (Å²) in [4.78, 5) is 0. The average Bonchev–Trinajstić information content (AvgIpc) is 3.84. The monoisotopic (exact) mass is 716 g/mol. The Hall–Kier alpha value is -4.98. The van der Waals surface area contributed by atoms with Crippen molar-refractivity contribution >= 4 is 40.2 Å². The first-order chi connectivity index (χ1) is 25.3. The molecule has 0 saturated heterocycles. The van der Waals surface area contributed by atoms with Gasteiger partial charge in [0.25, 0.3) is 17.8 Å². The Morgan fingerprint density at radius 3 is 1.06 bits per heavy atom. The molecule has 0 N–H and O–H groups in total. The van der Waals surface area contributed by atoms with E-state index >= 15 is 0 Å². The van der Waals surface area contributed by atoms with Crippen LogP contribution in [0, 0.1) is 0 Å². The topological polar surface area (TPSA) is 122 Å². The molecule has 3 aromatic carbocycles. The molecule has 12 nitrogen and oxygen atoms in total. The molecule has 0 aliphatic rings. The molecule has 3 atom stereocenters. The molecular formula is C39H45BO12. The van der Waals surface area contributed by atoms with Crippen LogP contribution < -0.4 is 28.2 Å². The van der Waals surface area contributed by atoms with Crippen LogP contribution in [0.1, 0.15) is 60.8 Å². The van der Waals surface area contributed by atoms with E-state index in [1.54, 1.807) is 36.4 Å². The van der Waals surface area contributed by atoms with Crippen molar-refractivity contribution in [3.63, 3.8) is 0 Å². The van der Waals surface area contributed by atoms with E-state index in [2.05, 4.69) is 0 Å². The summed E-state index contributed by atoms with van der Waals surface area (Å²) >= 11 is 0. The number of benzene rings is 3. The number of hydrogen-bond acceptors (Lipinski definition) is 12. The average molecular weight is 717 g/mol. The van der Waals surface area contributed by atoms with Gasteiger partial charge >= 0.3 is 7.32 Å². The molecule has 0 bridgehead atoms. The summed E-state index contributed by atoms with van der Waals surface area (Å²) in [5.41, 5.74) is 1.61. The quantitative estimate of drug-likeness (QED) is 0.0520. The van der Waals surface area contributed by atoms with E-state index in [1.807, 2.05) is 77.9 Å². The Bertz CT molecular complexity index is 1790. The van der Waals surface area contributed by atoms with Crippen molar-refractivity contribution in [3.8, 4) is 35.1 Å². The van der Waals surface area contributed by atoms with Crippen molar-refractivity contribution in [2.75, 3.05) is 19.8 Å². The fourth-order valence-electron chi connectivity index (χ4n) is 5.24. The maximum absolute atomic E-state index is 6.12. The Morgan fingerprint density at radius 2 is 0.769 bits per heavy atom. The molecular weight excluding hydrogens is 671 g/mol. The minimum atomic E-state index is -1.39. The van der Waals surface area contributed by atoms with Gasteiger partial charge in [-0.3, -0.25) is 0 Å². The van der Waals surface area contributed by atoms with Crippen LogP contribution in [0.2, 0.25) is 0 Å². The molecule has 6 rings (SSSR count). The van der Waals surface area contributed by atoms with E-state index < -0.39 is 26.2 Å². The normalized spacial score (nSPS) is 13.3. The predicted molar refractivity (Wildman–Crippen MR) is 195 cm³/mol. The van der Waals surface area contributed by atoms with E-state index in [0.29, 0.717) is 53.8 Å². The number of furan rings is 3. The third kappa shape index (κ3) is 9.87. The number of rotatable bonds is 21. The maximum Gasteiger partial charge on any atom is 0.870 e. The summed E-state index contributed by atoms with van der Waals surface area (Å²) in [6.45, 7) is 13.5. The SMILES string of the molecule is CCCOC(C)Oc1ccc2cc(OB(Oc3cc4ccc(OC(C)OCCC)cc4o3)Oc3cc4ccc(OC(C)OCCC)cc4o3)oc2c1. The summed E-state index contributed by atoms with van der Waals surface area (Å²) in [5, 5.41) is 2.35. The zero-order chi connectivity index (χ0) is 36.5. The first-order valence-electron chi connectivity index (χ1n) is 17.7. The minimum Gasteiger partial charge on any atom is -0.465 e. The van der Waals surface area contributed by atoms with Crippen molar-refractivity contribution in [2.24, 2.45) is 0 Å². The van der Waals surface area contributed by atoms with Crippen molar-refractivity contribution in [2.45, 2.75) is 79.7 Å². The van der Waals surface area contributed by atoms with Crippen molar-refractivity contribution < 1.29 is 55.6 Å². The first kappa shape index (κ1) is 36.8. The first-order valence-corrected chi connectivity index (χ1v) is 17.7. The summed E-state index contributed by atoms with van der Waals surface area (Å²) in [6, 6.07) is 21.6. The lowest BCUT2D eigenvalue weighted by atomic mass is 10.2. The molecule has 0 aliphatic heterocycles. The highest BCUT2D eigenvalue weighted by Crippen LogP contribution is 2.34. The van der Waals surface area contributed by atoms with Gasteiger partial charge in [-0.15, -0.1) is 0 Å².